The molecule has 0 fully saturated rings. The molecule has 0 aliphatic heterocycles. The van der Waals surface area contributed by atoms with Crippen LogP contribution in [0.5, 0.6) is 0 Å². The summed E-state index contributed by atoms with van der Waals surface area (Å²) in [6, 6.07) is 24.8. The Bertz CT molecular complexity index is 1090. The molecular formula is C27H26N2O2. The lowest BCUT2D eigenvalue weighted by atomic mass is 9.59. The number of carbonyl (C=O) groups is 2. The second kappa shape index (κ2) is 8.03. The smallest absolute Gasteiger partial charge is 0.251 e. The largest absolute Gasteiger partial charge is 0.354 e. The molecule has 0 saturated carbocycles. The van der Waals surface area contributed by atoms with E-state index in [2.05, 4.69) is 59.2 Å². The third kappa shape index (κ3) is 3.63. The number of rotatable bonds is 5. The molecule has 3 aliphatic carbocycles. The molecule has 1 unspecified atom stereocenters. The van der Waals surface area contributed by atoms with Gasteiger partial charge >= 0.3 is 0 Å². The molecule has 0 saturated heterocycles. The number of nitrogens with one attached hydrogen (secondary N) is 2. The van der Waals surface area contributed by atoms with Crippen LogP contribution in [0.3, 0.4) is 0 Å². The van der Waals surface area contributed by atoms with Crippen LogP contribution in [0.1, 0.15) is 56.4 Å². The van der Waals surface area contributed by atoms with Crippen molar-refractivity contribution in [3.63, 3.8) is 0 Å². The monoisotopic (exact) mass is 410 g/mol. The maximum atomic E-state index is 12.4. The maximum Gasteiger partial charge on any atom is 0.251 e. The number of benzene rings is 3. The molecule has 0 radical (unpaired) electrons. The molecule has 31 heavy (non-hydrogen) atoms. The van der Waals surface area contributed by atoms with Gasteiger partial charge in [-0.3, -0.25) is 9.59 Å². The third-order valence-electron chi connectivity index (χ3n) is 6.71. The fourth-order valence-electron chi connectivity index (χ4n) is 5.23. The van der Waals surface area contributed by atoms with Crippen LogP contribution in [-0.2, 0) is 4.79 Å². The quantitative estimate of drug-likeness (QED) is 0.664. The summed E-state index contributed by atoms with van der Waals surface area (Å²) in [6.07, 6.45) is 1.04. The molecule has 2 N–H and O–H groups in total. The number of carbonyl (C=O) groups excluding carboxylic acids is 2. The molecule has 4 heteroatoms. The number of fused-ring (bicyclic) bond motifs is 1. The highest BCUT2D eigenvalue weighted by Gasteiger charge is 2.42. The van der Waals surface area contributed by atoms with Crippen molar-refractivity contribution in [1.29, 1.82) is 0 Å². The predicted octanol–water partition coefficient (Wildman–Crippen LogP) is 4.14. The molecule has 0 spiro atoms. The summed E-state index contributed by atoms with van der Waals surface area (Å²) in [5.74, 6) is 0.671. The zero-order chi connectivity index (χ0) is 21.4. The van der Waals surface area contributed by atoms with Gasteiger partial charge in [0.15, 0.2) is 0 Å². The highest BCUT2D eigenvalue weighted by Crippen LogP contribution is 2.55. The van der Waals surface area contributed by atoms with E-state index in [4.69, 9.17) is 0 Å². The number of hydrogen-bond acceptors (Lipinski definition) is 2. The summed E-state index contributed by atoms with van der Waals surface area (Å²) in [5, 5.41) is 5.78. The minimum Gasteiger partial charge on any atom is -0.354 e. The van der Waals surface area contributed by atoms with Gasteiger partial charge in [-0.1, -0.05) is 66.2 Å². The van der Waals surface area contributed by atoms with E-state index in [0.29, 0.717) is 29.9 Å². The van der Waals surface area contributed by atoms with Crippen LogP contribution in [0.4, 0.5) is 0 Å². The molecule has 1 atom stereocenters. The Balaban J connectivity index is 1.24. The maximum absolute atomic E-state index is 12.4. The molecular weight excluding hydrogens is 384 g/mol. The van der Waals surface area contributed by atoms with Crippen molar-refractivity contribution < 1.29 is 9.59 Å². The summed E-state index contributed by atoms with van der Waals surface area (Å²) in [7, 11) is 0. The Labute approximate surface area is 182 Å². The van der Waals surface area contributed by atoms with Crippen molar-refractivity contribution in [1.82, 2.24) is 10.6 Å². The van der Waals surface area contributed by atoms with E-state index in [-0.39, 0.29) is 18.4 Å². The molecule has 4 nitrogen and oxygen atoms in total. The summed E-state index contributed by atoms with van der Waals surface area (Å²) >= 11 is 0. The lowest BCUT2D eigenvalue weighted by Crippen LogP contribution is -2.42. The molecule has 3 aromatic carbocycles. The van der Waals surface area contributed by atoms with Crippen molar-refractivity contribution >= 4 is 11.8 Å². The fourth-order valence-corrected chi connectivity index (χ4v) is 5.23. The highest BCUT2D eigenvalue weighted by molar-refractivity contribution is 5.96. The van der Waals surface area contributed by atoms with E-state index in [9.17, 15) is 9.59 Å². The van der Waals surface area contributed by atoms with E-state index in [1.54, 1.807) is 12.1 Å². The summed E-state index contributed by atoms with van der Waals surface area (Å²) in [6.45, 7) is 2.58. The van der Waals surface area contributed by atoms with Crippen LogP contribution in [0, 0.1) is 12.8 Å². The van der Waals surface area contributed by atoms with Crippen LogP contribution in [0.2, 0.25) is 0 Å². The zero-order valence-electron chi connectivity index (χ0n) is 17.6. The van der Waals surface area contributed by atoms with Crippen LogP contribution in [-0.4, -0.2) is 24.9 Å². The first-order chi connectivity index (χ1) is 15.1. The van der Waals surface area contributed by atoms with Gasteiger partial charge < -0.3 is 10.6 Å². The van der Waals surface area contributed by atoms with Crippen LogP contribution in [0.15, 0.2) is 72.8 Å². The third-order valence-corrected chi connectivity index (χ3v) is 6.71. The molecule has 2 bridgehead atoms. The Morgan fingerprint density at radius 2 is 1.39 bits per heavy atom. The van der Waals surface area contributed by atoms with E-state index >= 15 is 0 Å². The van der Waals surface area contributed by atoms with E-state index in [1.165, 1.54) is 22.3 Å². The van der Waals surface area contributed by atoms with Crippen LogP contribution < -0.4 is 10.6 Å². The Morgan fingerprint density at radius 1 is 0.806 bits per heavy atom. The van der Waals surface area contributed by atoms with E-state index < -0.39 is 0 Å². The highest BCUT2D eigenvalue weighted by atomic mass is 16.2. The lowest BCUT2D eigenvalue weighted by molar-refractivity contribution is -0.120. The van der Waals surface area contributed by atoms with Crippen molar-refractivity contribution in [3.8, 4) is 0 Å². The number of aryl methyl sites for hydroxylation is 1. The summed E-state index contributed by atoms with van der Waals surface area (Å²) in [5.41, 5.74) is 7.31. The van der Waals surface area contributed by atoms with Crippen LogP contribution >= 0.6 is 0 Å². The van der Waals surface area contributed by atoms with Gasteiger partial charge in [-0.2, -0.15) is 0 Å². The molecule has 3 aromatic rings. The average molecular weight is 411 g/mol. The van der Waals surface area contributed by atoms with Gasteiger partial charge in [0.25, 0.3) is 5.91 Å². The predicted molar refractivity (Wildman–Crippen MR) is 121 cm³/mol. The lowest BCUT2D eigenvalue weighted by Gasteiger charge is -2.45. The molecule has 3 aliphatic rings. The molecule has 0 heterocycles. The zero-order valence-corrected chi connectivity index (χ0v) is 17.6. The second-order valence-electron chi connectivity index (χ2n) is 8.64. The summed E-state index contributed by atoms with van der Waals surface area (Å²) in [4.78, 5) is 24.7. The standard InChI is InChI=1S/C27H26N2O2/c1-17-10-12-18(13-11-17)27(31)29-16-25(30)28-15-19-14-24-20-6-2-4-8-22(20)26(19)23-9-5-3-7-21(23)24/h2-13,19,24,26H,14-16H2,1H3,(H,28,30)(H,29,31). The van der Waals surface area contributed by atoms with Crippen LogP contribution in [0.25, 0.3) is 0 Å². The van der Waals surface area contributed by atoms with Gasteiger partial charge in [-0.05, 0) is 53.6 Å². The number of hydrogen-bond donors (Lipinski definition) is 2. The van der Waals surface area contributed by atoms with Gasteiger partial charge in [0.1, 0.15) is 0 Å². The number of amides is 2. The van der Waals surface area contributed by atoms with Gasteiger partial charge in [-0.25, -0.2) is 0 Å². The topological polar surface area (TPSA) is 58.2 Å². The Hall–Kier alpha value is -3.40. The summed E-state index contributed by atoms with van der Waals surface area (Å²) < 4.78 is 0. The minimum absolute atomic E-state index is 0.0132. The first-order valence-electron chi connectivity index (χ1n) is 10.9. The average Bonchev–Trinajstić information content (AvgIpc) is 2.82. The molecule has 6 rings (SSSR count). The molecule has 156 valence electrons. The normalized spacial score (nSPS) is 20.5. The first-order valence-corrected chi connectivity index (χ1v) is 10.9. The van der Waals surface area contributed by atoms with E-state index in [0.717, 1.165) is 12.0 Å². The minimum atomic E-state index is -0.227. The SMILES string of the molecule is Cc1ccc(C(=O)NCC(=O)NCC2CC3c4ccccc4C2c2ccccc23)cc1. The Morgan fingerprint density at radius 3 is 2.00 bits per heavy atom. The van der Waals surface area contributed by atoms with Gasteiger partial charge in [0.05, 0.1) is 6.54 Å². The van der Waals surface area contributed by atoms with Gasteiger partial charge in [-0.15, -0.1) is 0 Å². The molecule has 2 amide bonds. The second-order valence-corrected chi connectivity index (χ2v) is 8.64. The molecule has 0 aromatic heterocycles. The first kappa shape index (κ1) is 19.6. The van der Waals surface area contributed by atoms with Gasteiger partial charge in [0, 0.05) is 23.9 Å². The van der Waals surface area contributed by atoms with E-state index in [1.807, 2.05) is 19.1 Å². The van der Waals surface area contributed by atoms with Gasteiger partial charge in [0.2, 0.25) is 5.91 Å². The van der Waals surface area contributed by atoms with Crippen molar-refractivity contribution in [3.05, 3.63) is 106 Å². The van der Waals surface area contributed by atoms with Crippen molar-refractivity contribution in [2.75, 3.05) is 13.1 Å². The van der Waals surface area contributed by atoms with Crippen molar-refractivity contribution in [2.24, 2.45) is 5.92 Å². The Kier molecular flexibility index (Phi) is 5.06. The van der Waals surface area contributed by atoms with Crippen molar-refractivity contribution in [2.45, 2.75) is 25.2 Å². The fraction of sp³-hybridized carbons (Fsp3) is 0.259.